The molecule has 1 saturated heterocycles. The van der Waals surface area contributed by atoms with Gasteiger partial charge in [-0.3, -0.25) is 19.0 Å². The van der Waals surface area contributed by atoms with E-state index in [4.69, 9.17) is 4.74 Å². The summed E-state index contributed by atoms with van der Waals surface area (Å²) < 4.78 is 8.99. The third-order valence-electron chi connectivity index (χ3n) is 6.35. The van der Waals surface area contributed by atoms with E-state index in [0.717, 1.165) is 38.5 Å². The van der Waals surface area contributed by atoms with Gasteiger partial charge in [-0.1, -0.05) is 12.8 Å². The smallest absolute Gasteiger partial charge is 0.332 e. The predicted molar refractivity (Wildman–Crippen MR) is 91.7 cm³/mol. The topological polar surface area (TPSA) is 86.4 Å². The number of rotatable bonds is 2. The molecule has 0 bridgehead atoms. The summed E-state index contributed by atoms with van der Waals surface area (Å²) in [6, 6.07) is 0.0372. The quantitative estimate of drug-likeness (QED) is 0.714. The molecule has 4 aliphatic rings. The standard InChI is InChI=1S/C18H24N4O4/c23-15(12-5-6-12)20-8-7-18(10-20)11-21-14(9-26-18)19-22(17(25)16(21)24)13-3-1-2-4-13/h12-13H,1-11H2/t18-/m0/s1. The molecule has 0 unspecified atom stereocenters. The van der Waals surface area contributed by atoms with Crippen LogP contribution in [0.25, 0.3) is 0 Å². The first-order valence-corrected chi connectivity index (χ1v) is 9.72. The number of hydrogen-bond acceptors (Lipinski definition) is 5. The number of hydrogen-bond donors (Lipinski definition) is 0. The molecule has 8 heteroatoms. The molecule has 5 rings (SSSR count). The van der Waals surface area contributed by atoms with Crippen LogP contribution in [0.5, 0.6) is 0 Å². The van der Waals surface area contributed by atoms with Crippen molar-refractivity contribution in [2.75, 3.05) is 13.1 Å². The number of carbonyl (C=O) groups excluding carboxylic acids is 1. The molecule has 8 nitrogen and oxygen atoms in total. The van der Waals surface area contributed by atoms with Gasteiger partial charge in [0.15, 0.2) is 5.82 Å². The number of fused-ring (bicyclic) bond motifs is 1. The lowest BCUT2D eigenvalue weighted by atomic mass is 10.0. The van der Waals surface area contributed by atoms with Crippen molar-refractivity contribution < 1.29 is 9.53 Å². The number of aromatic nitrogens is 3. The first-order chi connectivity index (χ1) is 12.6. The first-order valence-electron chi connectivity index (χ1n) is 9.72. The second-order valence-corrected chi connectivity index (χ2v) is 8.25. The molecule has 1 aromatic rings. The fourth-order valence-electron chi connectivity index (χ4n) is 4.64. The predicted octanol–water partition coefficient (Wildman–Crippen LogP) is 0.431. The van der Waals surface area contributed by atoms with Gasteiger partial charge in [0.2, 0.25) is 5.91 Å². The Bertz CT molecular complexity index is 865. The maximum Gasteiger partial charge on any atom is 0.332 e. The summed E-state index contributed by atoms with van der Waals surface area (Å²) >= 11 is 0. The van der Waals surface area contributed by atoms with Crippen molar-refractivity contribution in [3.8, 4) is 0 Å². The van der Waals surface area contributed by atoms with Crippen molar-refractivity contribution in [3.05, 3.63) is 26.5 Å². The molecule has 2 aliphatic heterocycles. The van der Waals surface area contributed by atoms with E-state index in [1.54, 1.807) is 0 Å². The highest BCUT2D eigenvalue weighted by Gasteiger charge is 2.47. The normalized spacial score (nSPS) is 28.7. The zero-order chi connectivity index (χ0) is 17.9. The van der Waals surface area contributed by atoms with Crippen LogP contribution < -0.4 is 11.1 Å². The van der Waals surface area contributed by atoms with Gasteiger partial charge in [0.05, 0.1) is 19.1 Å². The number of likely N-dealkylation sites (tertiary alicyclic amines) is 1. The fraction of sp³-hybridized carbons (Fsp3) is 0.778. The zero-order valence-corrected chi connectivity index (χ0v) is 14.9. The molecule has 0 aromatic carbocycles. The van der Waals surface area contributed by atoms with Gasteiger partial charge >= 0.3 is 11.1 Å². The molecule has 1 aromatic heterocycles. The van der Waals surface area contributed by atoms with Crippen LogP contribution in [0.4, 0.5) is 0 Å². The third kappa shape index (κ3) is 2.53. The maximum absolute atomic E-state index is 12.7. The Morgan fingerprint density at radius 2 is 1.85 bits per heavy atom. The number of carbonyl (C=O) groups is 1. The van der Waals surface area contributed by atoms with Crippen molar-refractivity contribution in [3.63, 3.8) is 0 Å². The molecule has 2 saturated carbocycles. The van der Waals surface area contributed by atoms with Crippen LogP contribution in [0.1, 0.15) is 56.8 Å². The highest BCUT2D eigenvalue weighted by atomic mass is 16.5. The zero-order valence-electron chi connectivity index (χ0n) is 14.9. The van der Waals surface area contributed by atoms with Crippen LogP contribution in [0.3, 0.4) is 0 Å². The van der Waals surface area contributed by atoms with E-state index in [9.17, 15) is 14.4 Å². The lowest BCUT2D eigenvalue weighted by Gasteiger charge is -2.35. The minimum absolute atomic E-state index is 0.0372. The van der Waals surface area contributed by atoms with E-state index in [0.29, 0.717) is 31.9 Å². The Kier molecular flexibility index (Phi) is 3.60. The van der Waals surface area contributed by atoms with E-state index in [1.165, 1.54) is 9.25 Å². The Hall–Kier alpha value is -1.96. The second-order valence-electron chi connectivity index (χ2n) is 8.25. The summed E-state index contributed by atoms with van der Waals surface area (Å²) in [7, 11) is 0. The molecule has 1 amide bonds. The molecule has 140 valence electrons. The van der Waals surface area contributed by atoms with Crippen molar-refractivity contribution in [2.24, 2.45) is 5.92 Å². The second kappa shape index (κ2) is 5.77. The molecule has 1 spiro atoms. The molecular weight excluding hydrogens is 336 g/mol. The molecule has 0 radical (unpaired) electrons. The largest absolute Gasteiger partial charge is 0.363 e. The highest BCUT2D eigenvalue weighted by molar-refractivity contribution is 5.81. The maximum atomic E-state index is 12.7. The monoisotopic (exact) mass is 360 g/mol. The van der Waals surface area contributed by atoms with Gasteiger partial charge in [0.25, 0.3) is 0 Å². The Labute approximate surface area is 150 Å². The van der Waals surface area contributed by atoms with Gasteiger partial charge < -0.3 is 9.64 Å². The van der Waals surface area contributed by atoms with Gasteiger partial charge in [0, 0.05) is 12.5 Å². The van der Waals surface area contributed by atoms with Gasteiger partial charge in [-0.05, 0) is 32.1 Å². The summed E-state index contributed by atoms with van der Waals surface area (Å²) in [5.74, 6) is 0.918. The van der Waals surface area contributed by atoms with E-state index < -0.39 is 16.7 Å². The molecule has 2 aliphatic carbocycles. The number of amides is 1. The van der Waals surface area contributed by atoms with Crippen LogP contribution in [-0.2, 0) is 22.7 Å². The minimum atomic E-state index is -0.560. The van der Waals surface area contributed by atoms with Crippen molar-refractivity contribution in [1.29, 1.82) is 0 Å². The molecule has 0 N–H and O–H groups in total. The molecule has 26 heavy (non-hydrogen) atoms. The van der Waals surface area contributed by atoms with E-state index in [1.807, 2.05) is 4.90 Å². The van der Waals surface area contributed by atoms with E-state index >= 15 is 0 Å². The minimum Gasteiger partial charge on any atom is -0.363 e. The highest BCUT2D eigenvalue weighted by Crippen LogP contribution is 2.36. The van der Waals surface area contributed by atoms with Gasteiger partial charge in [-0.15, -0.1) is 0 Å². The summed E-state index contributed by atoms with van der Waals surface area (Å²) in [5, 5.41) is 4.46. The van der Waals surface area contributed by atoms with Gasteiger partial charge in [-0.2, -0.15) is 5.10 Å². The lowest BCUT2D eigenvalue weighted by Crippen LogP contribution is -2.53. The fourth-order valence-corrected chi connectivity index (χ4v) is 4.64. The Balaban J connectivity index is 1.43. The molecule has 3 fully saturated rings. The summed E-state index contributed by atoms with van der Waals surface area (Å²) in [5.41, 5.74) is -1.59. The van der Waals surface area contributed by atoms with Gasteiger partial charge in [-0.25, -0.2) is 4.68 Å². The van der Waals surface area contributed by atoms with Crippen molar-refractivity contribution >= 4 is 5.91 Å². The van der Waals surface area contributed by atoms with Crippen LogP contribution >= 0.6 is 0 Å². The number of ether oxygens (including phenoxy) is 1. The molecule has 1 atom stereocenters. The van der Waals surface area contributed by atoms with Gasteiger partial charge in [0.1, 0.15) is 12.2 Å². The molecular formula is C18H24N4O4. The summed E-state index contributed by atoms with van der Waals surface area (Å²) in [6.07, 6.45) is 6.61. The molecule has 3 heterocycles. The lowest BCUT2D eigenvalue weighted by molar-refractivity contribution is -0.134. The van der Waals surface area contributed by atoms with E-state index in [-0.39, 0.29) is 24.5 Å². The number of nitrogens with zero attached hydrogens (tertiary/aromatic N) is 4. The van der Waals surface area contributed by atoms with Crippen LogP contribution in [0, 0.1) is 5.92 Å². The summed E-state index contributed by atoms with van der Waals surface area (Å²) in [4.78, 5) is 39.5. The van der Waals surface area contributed by atoms with Crippen LogP contribution in [0.15, 0.2) is 9.59 Å². The Morgan fingerprint density at radius 3 is 2.58 bits per heavy atom. The van der Waals surface area contributed by atoms with Crippen molar-refractivity contribution in [1.82, 2.24) is 19.2 Å². The van der Waals surface area contributed by atoms with Crippen LogP contribution in [-0.4, -0.2) is 43.8 Å². The first kappa shape index (κ1) is 16.2. The van der Waals surface area contributed by atoms with E-state index in [2.05, 4.69) is 5.10 Å². The average Bonchev–Trinajstić information content (AvgIpc) is 3.20. The SMILES string of the molecule is O=C(C1CC1)N1CC[C@]2(C1)Cn1c(nn(C3CCCC3)c(=O)c1=O)CO2. The third-order valence-corrected chi connectivity index (χ3v) is 6.35. The van der Waals surface area contributed by atoms with Crippen molar-refractivity contribution in [2.45, 2.75) is 69.7 Å². The Morgan fingerprint density at radius 1 is 1.08 bits per heavy atom. The summed E-state index contributed by atoms with van der Waals surface area (Å²) in [6.45, 7) is 1.68. The average molecular weight is 360 g/mol. The van der Waals surface area contributed by atoms with Crippen LogP contribution in [0.2, 0.25) is 0 Å².